The van der Waals surface area contributed by atoms with Crippen LogP contribution < -0.4 is 4.74 Å². The van der Waals surface area contributed by atoms with Crippen molar-refractivity contribution in [3.05, 3.63) is 29.8 Å². The van der Waals surface area contributed by atoms with E-state index < -0.39 is 0 Å². The van der Waals surface area contributed by atoms with Gasteiger partial charge in [-0.3, -0.25) is 0 Å². The topological polar surface area (TPSA) is 18.5 Å². The summed E-state index contributed by atoms with van der Waals surface area (Å²) in [5.74, 6) is 2.08. The molecule has 0 amide bonds. The number of unbranched alkanes of at least 4 members (excludes halogenated alkanes) is 1. The van der Waals surface area contributed by atoms with Crippen LogP contribution >= 0.6 is 0 Å². The van der Waals surface area contributed by atoms with Crippen molar-refractivity contribution in [3.63, 3.8) is 0 Å². The standard InChI is InChI=1S/C21H32O2/c1-2-9-18(10-3-1)11-4-5-12-19-13-6-7-15-21(19)23-17-20-14-8-16-22-20/h6-7,13,15,18,20H,1-5,8-12,14,16-17H2. The first-order valence-corrected chi connectivity index (χ1v) is 9.74. The maximum Gasteiger partial charge on any atom is 0.122 e. The van der Waals surface area contributed by atoms with Gasteiger partial charge in [0.2, 0.25) is 0 Å². The van der Waals surface area contributed by atoms with Crippen LogP contribution in [-0.2, 0) is 11.2 Å². The SMILES string of the molecule is c1ccc(OCC2CCCO2)c(CCCCC2CCCCC2)c1. The molecule has 3 rings (SSSR count). The minimum absolute atomic E-state index is 0.300. The molecule has 1 saturated heterocycles. The first-order chi connectivity index (χ1) is 11.4. The van der Waals surface area contributed by atoms with E-state index in [0.717, 1.165) is 31.1 Å². The number of hydrogen-bond donors (Lipinski definition) is 0. The van der Waals surface area contributed by atoms with Gasteiger partial charge in [0.25, 0.3) is 0 Å². The van der Waals surface area contributed by atoms with Crippen molar-refractivity contribution in [2.75, 3.05) is 13.2 Å². The maximum atomic E-state index is 6.04. The second-order valence-electron chi connectivity index (χ2n) is 7.30. The van der Waals surface area contributed by atoms with Gasteiger partial charge in [0.1, 0.15) is 12.4 Å². The highest BCUT2D eigenvalue weighted by molar-refractivity contribution is 5.33. The van der Waals surface area contributed by atoms with E-state index in [-0.39, 0.29) is 0 Å². The summed E-state index contributed by atoms with van der Waals surface area (Å²) < 4.78 is 11.7. The van der Waals surface area contributed by atoms with Gasteiger partial charge in [0.05, 0.1) is 6.10 Å². The van der Waals surface area contributed by atoms with Gasteiger partial charge >= 0.3 is 0 Å². The molecule has 1 heterocycles. The van der Waals surface area contributed by atoms with Gasteiger partial charge in [0.15, 0.2) is 0 Å². The second-order valence-corrected chi connectivity index (χ2v) is 7.30. The number of rotatable bonds is 8. The van der Waals surface area contributed by atoms with E-state index in [1.165, 1.54) is 63.4 Å². The summed E-state index contributed by atoms with van der Waals surface area (Å²) >= 11 is 0. The predicted molar refractivity (Wildman–Crippen MR) is 95.0 cm³/mol. The monoisotopic (exact) mass is 316 g/mol. The molecular weight excluding hydrogens is 284 g/mol. The van der Waals surface area contributed by atoms with Crippen LogP contribution in [0.3, 0.4) is 0 Å². The van der Waals surface area contributed by atoms with Crippen molar-refractivity contribution in [3.8, 4) is 5.75 Å². The smallest absolute Gasteiger partial charge is 0.122 e. The molecule has 2 aliphatic rings. The lowest BCUT2D eigenvalue weighted by Gasteiger charge is -2.21. The highest BCUT2D eigenvalue weighted by atomic mass is 16.5. The Balaban J connectivity index is 1.39. The molecule has 2 nitrogen and oxygen atoms in total. The molecule has 2 fully saturated rings. The summed E-state index contributed by atoms with van der Waals surface area (Å²) in [6, 6.07) is 8.56. The summed E-state index contributed by atoms with van der Waals surface area (Å²) in [4.78, 5) is 0. The highest BCUT2D eigenvalue weighted by Crippen LogP contribution is 2.28. The molecule has 1 aromatic carbocycles. The van der Waals surface area contributed by atoms with Crippen molar-refractivity contribution in [1.82, 2.24) is 0 Å². The molecule has 1 atom stereocenters. The molecule has 1 aliphatic carbocycles. The van der Waals surface area contributed by atoms with Crippen molar-refractivity contribution >= 4 is 0 Å². The molecule has 1 aliphatic heterocycles. The van der Waals surface area contributed by atoms with Gasteiger partial charge < -0.3 is 9.47 Å². The summed E-state index contributed by atoms with van der Waals surface area (Å²) in [5, 5.41) is 0. The Morgan fingerprint density at radius 1 is 0.957 bits per heavy atom. The van der Waals surface area contributed by atoms with Crippen LogP contribution in [0.4, 0.5) is 0 Å². The Morgan fingerprint density at radius 3 is 2.65 bits per heavy atom. The van der Waals surface area contributed by atoms with E-state index in [1.54, 1.807) is 0 Å². The first-order valence-electron chi connectivity index (χ1n) is 9.74. The van der Waals surface area contributed by atoms with Crippen LogP contribution in [0.1, 0.15) is 69.8 Å². The van der Waals surface area contributed by atoms with Crippen molar-refractivity contribution in [2.45, 2.75) is 76.7 Å². The Bertz CT molecular complexity index is 445. The summed E-state index contributed by atoms with van der Waals surface area (Å²) in [7, 11) is 0. The zero-order valence-electron chi connectivity index (χ0n) is 14.5. The third-order valence-corrected chi connectivity index (χ3v) is 5.45. The fraction of sp³-hybridized carbons (Fsp3) is 0.714. The van der Waals surface area contributed by atoms with Gasteiger partial charge in [-0.1, -0.05) is 63.1 Å². The first kappa shape index (κ1) is 16.8. The molecular formula is C21H32O2. The van der Waals surface area contributed by atoms with E-state index >= 15 is 0 Å². The number of benzene rings is 1. The molecule has 0 aromatic heterocycles. The van der Waals surface area contributed by atoms with Gasteiger partial charge in [-0.15, -0.1) is 0 Å². The Labute approximate surface area is 141 Å². The lowest BCUT2D eigenvalue weighted by molar-refractivity contribution is 0.0676. The minimum Gasteiger partial charge on any atom is -0.491 e. The third kappa shape index (κ3) is 5.53. The zero-order chi connectivity index (χ0) is 15.7. The molecule has 23 heavy (non-hydrogen) atoms. The van der Waals surface area contributed by atoms with E-state index in [9.17, 15) is 0 Å². The van der Waals surface area contributed by atoms with Gasteiger partial charge in [0, 0.05) is 6.61 Å². The summed E-state index contributed by atoms with van der Waals surface area (Å²) in [5.41, 5.74) is 1.37. The predicted octanol–water partition coefficient (Wildman–Crippen LogP) is 5.54. The molecule has 0 spiro atoms. The van der Waals surface area contributed by atoms with Crippen LogP contribution in [-0.4, -0.2) is 19.3 Å². The van der Waals surface area contributed by atoms with Crippen LogP contribution in [0.2, 0.25) is 0 Å². The van der Waals surface area contributed by atoms with Gasteiger partial charge in [-0.2, -0.15) is 0 Å². The second kappa shape index (κ2) is 9.32. The normalized spacial score (nSPS) is 22.3. The molecule has 128 valence electrons. The van der Waals surface area contributed by atoms with E-state index in [2.05, 4.69) is 24.3 Å². The Morgan fingerprint density at radius 2 is 1.83 bits per heavy atom. The molecule has 1 unspecified atom stereocenters. The zero-order valence-corrected chi connectivity index (χ0v) is 14.5. The fourth-order valence-corrected chi connectivity index (χ4v) is 4.03. The van der Waals surface area contributed by atoms with Crippen molar-refractivity contribution < 1.29 is 9.47 Å². The average Bonchev–Trinajstić information content (AvgIpc) is 3.12. The summed E-state index contributed by atoms with van der Waals surface area (Å²) in [6.07, 6.45) is 15.2. The number of aryl methyl sites for hydroxylation is 1. The average molecular weight is 316 g/mol. The molecule has 0 bridgehead atoms. The van der Waals surface area contributed by atoms with Crippen molar-refractivity contribution in [1.29, 1.82) is 0 Å². The molecule has 0 N–H and O–H groups in total. The molecule has 1 saturated carbocycles. The molecule has 0 radical (unpaired) electrons. The minimum atomic E-state index is 0.300. The van der Waals surface area contributed by atoms with E-state index in [1.807, 2.05) is 0 Å². The van der Waals surface area contributed by atoms with Crippen LogP contribution in [0.15, 0.2) is 24.3 Å². The largest absolute Gasteiger partial charge is 0.491 e. The number of hydrogen-bond acceptors (Lipinski definition) is 2. The van der Waals surface area contributed by atoms with Crippen LogP contribution in [0.5, 0.6) is 5.75 Å². The van der Waals surface area contributed by atoms with E-state index in [0.29, 0.717) is 12.7 Å². The fourth-order valence-electron chi connectivity index (χ4n) is 4.03. The lowest BCUT2D eigenvalue weighted by atomic mass is 9.85. The maximum absolute atomic E-state index is 6.04. The number of para-hydroxylation sites is 1. The Hall–Kier alpha value is -1.02. The Kier molecular flexibility index (Phi) is 6.82. The summed E-state index contributed by atoms with van der Waals surface area (Å²) in [6.45, 7) is 1.61. The van der Waals surface area contributed by atoms with Crippen molar-refractivity contribution in [2.24, 2.45) is 5.92 Å². The van der Waals surface area contributed by atoms with Gasteiger partial charge in [-0.25, -0.2) is 0 Å². The highest BCUT2D eigenvalue weighted by Gasteiger charge is 2.17. The lowest BCUT2D eigenvalue weighted by Crippen LogP contribution is -2.16. The number of ether oxygens (including phenoxy) is 2. The molecule has 2 heteroatoms. The van der Waals surface area contributed by atoms with E-state index in [4.69, 9.17) is 9.47 Å². The third-order valence-electron chi connectivity index (χ3n) is 5.45. The van der Waals surface area contributed by atoms with Crippen LogP contribution in [0.25, 0.3) is 0 Å². The molecule has 1 aromatic rings. The van der Waals surface area contributed by atoms with Gasteiger partial charge in [-0.05, 0) is 43.2 Å². The van der Waals surface area contributed by atoms with Crippen LogP contribution in [0, 0.1) is 5.92 Å². The quantitative estimate of drug-likeness (QED) is 0.586.